The van der Waals surface area contributed by atoms with Crippen LogP contribution in [-0.4, -0.2) is 48.5 Å². The van der Waals surface area contributed by atoms with Crippen molar-refractivity contribution in [2.75, 3.05) is 22.7 Å². The van der Waals surface area contributed by atoms with Crippen LogP contribution in [0.1, 0.15) is 26.3 Å². The van der Waals surface area contributed by atoms with Crippen LogP contribution in [0.2, 0.25) is 0 Å². The molecule has 5 rings (SSSR count). The van der Waals surface area contributed by atoms with E-state index in [2.05, 4.69) is 21.2 Å². The molecule has 3 aromatic carbocycles. The summed E-state index contributed by atoms with van der Waals surface area (Å²) >= 11 is -2.67. The highest BCUT2D eigenvalue weighted by Crippen LogP contribution is 2.29. The molecule has 1 aliphatic rings. The van der Waals surface area contributed by atoms with Crippen LogP contribution < -0.4 is 9.62 Å². The number of carbonyl (C=O) groups is 2. The Bertz CT molecular complexity index is 1550. The van der Waals surface area contributed by atoms with Gasteiger partial charge in [0.05, 0.1) is 16.6 Å². The highest BCUT2D eigenvalue weighted by atomic mass is 32.2. The minimum Gasteiger partial charge on any atom is -0.755 e. The molecule has 0 fully saturated rings. The number of nitrogens with zero attached hydrogens (tertiary/aromatic N) is 4. The van der Waals surface area contributed by atoms with Gasteiger partial charge in [-0.15, -0.1) is 6.42 Å². The van der Waals surface area contributed by atoms with E-state index in [1.807, 2.05) is 12.1 Å². The molecule has 9 nitrogen and oxygen atoms in total. The Hall–Kier alpha value is -4.59. The zero-order chi connectivity index (χ0) is 25.2. The molecule has 10 heteroatoms. The maximum absolute atomic E-state index is 12.7. The highest BCUT2D eigenvalue weighted by molar-refractivity contribution is 7.80. The van der Waals surface area contributed by atoms with Crippen molar-refractivity contribution in [2.45, 2.75) is 0 Å². The van der Waals surface area contributed by atoms with Gasteiger partial charge in [0, 0.05) is 46.7 Å². The average Bonchev–Trinajstić information content (AvgIpc) is 3.14. The van der Waals surface area contributed by atoms with Crippen molar-refractivity contribution in [3.63, 3.8) is 0 Å². The lowest BCUT2D eigenvalue weighted by atomic mass is 10.1. The summed E-state index contributed by atoms with van der Waals surface area (Å²) in [5.74, 6) is 2.15. The van der Waals surface area contributed by atoms with Crippen molar-refractivity contribution >= 4 is 51.2 Å². The summed E-state index contributed by atoms with van der Waals surface area (Å²) < 4.78 is 25.4. The summed E-state index contributed by atoms with van der Waals surface area (Å²) in [5, 5.41) is 3.78. The largest absolute Gasteiger partial charge is 0.755 e. The number of rotatable bonds is 7. The standard InChI is InChI=1S/C26H19N5O4S/c1-2-17-6-5-7-18(14-17)29-24-22-15-19(10-11-23(22)27-16-28-24)31(36(34)35)13-12-30-25(32)20-8-3-4-9-21(20)26(30)33/h1,3-11,14-16H,12-13H2,(H,34,35)(H,27,28,29)/p-1. The zero-order valence-electron chi connectivity index (χ0n) is 18.7. The Morgan fingerprint density at radius 1 is 1.00 bits per heavy atom. The predicted molar refractivity (Wildman–Crippen MR) is 135 cm³/mol. The molecule has 0 spiro atoms. The SMILES string of the molecule is C#Cc1cccc(Nc2ncnc3ccc(N(CCN4C(=O)c5ccccc5C4=O)S(=O)[O-])cc23)c1. The number of benzene rings is 3. The minimum absolute atomic E-state index is 0.104. The summed E-state index contributed by atoms with van der Waals surface area (Å²) in [4.78, 5) is 34.9. The van der Waals surface area contributed by atoms with Crippen molar-refractivity contribution in [3.8, 4) is 12.3 Å². The van der Waals surface area contributed by atoms with Gasteiger partial charge in [0.15, 0.2) is 0 Å². The van der Waals surface area contributed by atoms with E-state index in [1.54, 1.807) is 54.6 Å². The van der Waals surface area contributed by atoms with Crippen LogP contribution in [0.5, 0.6) is 0 Å². The van der Waals surface area contributed by atoms with E-state index in [0.29, 0.717) is 44.8 Å². The number of carbonyl (C=O) groups excluding carboxylic acids is 2. The van der Waals surface area contributed by atoms with Gasteiger partial charge < -0.3 is 14.2 Å². The fraction of sp³-hybridized carbons (Fsp3) is 0.0769. The van der Waals surface area contributed by atoms with Gasteiger partial charge in [0.1, 0.15) is 12.1 Å². The molecular formula is C26H18N5O4S-. The van der Waals surface area contributed by atoms with E-state index in [1.165, 1.54) is 6.33 Å². The van der Waals surface area contributed by atoms with Gasteiger partial charge in [-0.2, -0.15) is 0 Å². The minimum atomic E-state index is -2.67. The number of fused-ring (bicyclic) bond motifs is 2. The lowest BCUT2D eigenvalue weighted by Gasteiger charge is -2.28. The number of amides is 2. The van der Waals surface area contributed by atoms with Gasteiger partial charge in [0.25, 0.3) is 11.8 Å². The van der Waals surface area contributed by atoms with Crippen LogP contribution >= 0.6 is 0 Å². The maximum atomic E-state index is 12.7. The molecule has 36 heavy (non-hydrogen) atoms. The second kappa shape index (κ2) is 9.58. The first-order chi connectivity index (χ1) is 17.5. The van der Waals surface area contributed by atoms with E-state index in [-0.39, 0.29) is 13.1 Å². The summed E-state index contributed by atoms with van der Waals surface area (Å²) in [6.07, 6.45) is 6.89. The molecule has 1 aliphatic heterocycles. The molecule has 1 N–H and O–H groups in total. The first-order valence-corrected chi connectivity index (χ1v) is 11.9. The summed E-state index contributed by atoms with van der Waals surface area (Å²) in [6.45, 7) is -0.221. The molecule has 0 saturated carbocycles. The molecular weight excluding hydrogens is 478 g/mol. The summed E-state index contributed by atoms with van der Waals surface area (Å²) in [7, 11) is 0. The fourth-order valence-electron chi connectivity index (χ4n) is 4.05. The number of anilines is 3. The molecule has 0 aliphatic carbocycles. The normalized spacial score (nSPS) is 13.4. The number of terminal acetylenes is 1. The predicted octanol–water partition coefficient (Wildman–Crippen LogP) is 3.25. The van der Waals surface area contributed by atoms with E-state index in [4.69, 9.17) is 6.42 Å². The van der Waals surface area contributed by atoms with Crippen LogP contribution in [0.25, 0.3) is 10.9 Å². The van der Waals surface area contributed by atoms with E-state index < -0.39 is 23.1 Å². The van der Waals surface area contributed by atoms with Gasteiger partial charge >= 0.3 is 0 Å². The first-order valence-electron chi connectivity index (χ1n) is 10.9. The Balaban J connectivity index is 1.42. The molecule has 1 unspecified atom stereocenters. The number of hydrogen-bond donors (Lipinski definition) is 1. The van der Waals surface area contributed by atoms with Crippen LogP contribution in [0.15, 0.2) is 73.1 Å². The highest BCUT2D eigenvalue weighted by Gasteiger charge is 2.35. The van der Waals surface area contributed by atoms with E-state index in [0.717, 1.165) is 9.21 Å². The maximum Gasteiger partial charge on any atom is 0.261 e. The molecule has 2 amide bonds. The van der Waals surface area contributed by atoms with Gasteiger partial charge in [-0.1, -0.05) is 24.1 Å². The molecule has 1 atom stereocenters. The van der Waals surface area contributed by atoms with Crippen molar-refractivity contribution in [3.05, 3.63) is 89.7 Å². The third-order valence-corrected chi connectivity index (χ3v) is 6.54. The van der Waals surface area contributed by atoms with Crippen LogP contribution in [0.3, 0.4) is 0 Å². The molecule has 0 saturated heterocycles. The topological polar surface area (TPSA) is 119 Å². The van der Waals surface area contributed by atoms with Crippen LogP contribution in [0, 0.1) is 12.3 Å². The quantitative estimate of drug-likeness (QED) is 0.237. The molecule has 4 aromatic rings. The molecule has 178 valence electrons. The van der Waals surface area contributed by atoms with Crippen molar-refractivity contribution in [1.82, 2.24) is 14.9 Å². The third kappa shape index (κ3) is 4.29. The number of hydrogen-bond acceptors (Lipinski definition) is 7. The summed E-state index contributed by atoms with van der Waals surface area (Å²) in [5.41, 5.74) is 2.96. The fourth-order valence-corrected chi connectivity index (χ4v) is 4.56. The molecule has 1 aromatic heterocycles. The second-order valence-electron chi connectivity index (χ2n) is 7.90. The smallest absolute Gasteiger partial charge is 0.261 e. The lowest BCUT2D eigenvalue weighted by Crippen LogP contribution is -2.39. The Labute approximate surface area is 209 Å². The Morgan fingerprint density at radius 2 is 1.75 bits per heavy atom. The van der Waals surface area contributed by atoms with Gasteiger partial charge in [-0.25, -0.2) is 9.97 Å². The number of aromatic nitrogens is 2. The van der Waals surface area contributed by atoms with Gasteiger partial charge in [0.2, 0.25) is 0 Å². The molecule has 0 radical (unpaired) electrons. The summed E-state index contributed by atoms with van der Waals surface area (Å²) in [6, 6.07) is 18.7. The Morgan fingerprint density at radius 3 is 2.44 bits per heavy atom. The van der Waals surface area contributed by atoms with Crippen molar-refractivity contribution in [1.29, 1.82) is 0 Å². The van der Waals surface area contributed by atoms with Crippen LogP contribution in [0.4, 0.5) is 17.2 Å². The third-order valence-electron chi connectivity index (χ3n) is 5.78. The Kier molecular flexibility index (Phi) is 6.16. The van der Waals surface area contributed by atoms with Gasteiger partial charge in [-0.3, -0.25) is 18.7 Å². The van der Waals surface area contributed by atoms with E-state index in [9.17, 15) is 18.4 Å². The monoisotopic (exact) mass is 496 g/mol. The zero-order valence-corrected chi connectivity index (χ0v) is 19.6. The van der Waals surface area contributed by atoms with Crippen molar-refractivity contribution < 1.29 is 18.4 Å². The number of imide groups is 1. The van der Waals surface area contributed by atoms with Crippen LogP contribution in [-0.2, 0) is 11.3 Å². The number of nitrogens with one attached hydrogen (secondary N) is 1. The van der Waals surface area contributed by atoms with Gasteiger partial charge in [-0.05, 0) is 48.5 Å². The van der Waals surface area contributed by atoms with E-state index >= 15 is 0 Å². The first kappa shape index (κ1) is 23.2. The van der Waals surface area contributed by atoms with Crippen molar-refractivity contribution in [2.24, 2.45) is 0 Å². The molecule has 2 heterocycles. The second-order valence-corrected chi connectivity index (χ2v) is 8.78. The molecule has 0 bridgehead atoms. The average molecular weight is 497 g/mol. The lowest BCUT2D eigenvalue weighted by molar-refractivity contribution is 0.0659.